The van der Waals surface area contributed by atoms with Gasteiger partial charge in [0.2, 0.25) is 0 Å². The summed E-state index contributed by atoms with van der Waals surface area (Å²) in [7, 11) is 1.60. The number of rotatable bonds is 8. The summed E-state index contributed by atoms with van der Waals surface area (Å²) in [5.41, 5.74) is -0.00738. The maximum atomic E-state index is 12.1. The van der Waals surface area contributed by atoms with Crippen LogP contribution in [0.25, 0.3) is 11.3 Å². The number of halogens is 1. The second-order valence-electron chi connectivity index (χ2n) is 5.34. The highest BCUT2D eigenvalue weighted by atomic mass is 35.5. The molecule has 7 nitrogen and oxygen atoms in total. The summed E-state index contributed by atoms with van der Waals surface area (Å²) in [6, 6.07) is 4.07. The topological polar surface area (TPSA) is 97.9 Å². The lowest BCUT2D eigenvalue weighted by Crippen LogP contribution is -2.17. The van der Waals surface area contributed by atoms with Gasteiger partial charge in [-0.05, 0) is 13.0 Å². The monoisotopic (exact) mass is 381 g/mol. The van der Waals surface area contributed by atoms with Crippen LogP contribution < -0.4 is 10.2 Å². The molecule has 0 saturated heterocycles. The highest BCUT2D eigenvalue weighted by molar-refractivity contribution is 6.32. The molecule has 0 fully saturated rings. The number of hydrogen-bond acceptors (Lipinski definition) is 6. The number of pyridine rings is 1. The summed E-state index contributed by atoms with van der Waals surface area (Å²) in [6.07, 6.45) is 1.93. The minimum Gasteiger partial charge on any atom is -0.507 e. The Labute approximate surface area is 155 Å². The lowest BCUT2D eigenvalue weighted by atomic mass is 10.1. The Morgan fingerprint density at radius 2 is 2.04 bits per heavy atom. The van der Waals surface area contributed by atoms with E-state index >= 15 is 0 Å². The first-order valence-electron chi connectivity index (χ1n) is 8.02. The molecule has 26 heavy (non-hydrogen) atoms. The summed E-state index contributed by atoms with van der Waals surface area (Å²) in [5.74, 6) is -0.493. The molecule has 0 spiro atoms. The molecule has 0 radical (unpaired) electrons. The molecule has 0 unspecified atom stereocenters. The molecule has 0 saturated carbocycles. The number of hydrogen-bond donors (Lipinski definition) is 2. The first-order valence-corrected chi connectivity index (χ1v) is 8.40. The second-order valence-corrected chi connectivity index (χ2v) is 5.75. The molecular weight excluding hydrogens is 362 g/mol. The molecule has 140 valence electrons. The summed E-state index contributed by atoms with van der Waals surface area (Å²) in [4.78, 5) is 26.6. The average molecular weight is 382 g/mol. The molecule has 0 aliphatic rings. The maximum Gasteiger partial charge on any atom is 0.343 e. The van der Waals surface area contributed by atoms with Crippen LogP contribution in [0.1, 0.15) is 23.7 Å². The zero-order valence-electron chi connectivity index (χ0n) is 14.5. The highest BCUT2D eigenvalue weighted by Gasteiger charge is 2.15. The van der Waals surface area contributed by atoms with Gasteiger partial charge in [0.15, 0.2) is 5.43 Å². The Balaban J connectivity index is 2.26. The number of phenols is 1. The molecular formula is C18H20ClNO6. The van der Waals surface area contributed by atoms with E-state index in [-0.39, 0.29) is 22.9 Å². The zero-order valence-corrected chi connectivity index (χ0v) is 15.3. The summed E-state index contributed by atoms with van der Waals surface area (Å²) in [6.45, 7) is 2.76. The van der Waals surface area contributed by atoms with Crippen molar-refractivity contribution in [1.29, 1.82) is 0 Å². The van der Waals surface area contributed by atoms with Crippen LogP contribution in [0, 0.1) is 0 Å². The van der Waals surface area contributed by atoms with Gasteiger partial charge in [0.05, 0.1) is 23.9 Å². The van der Waals surface area contributed by atoms with Crippen LogP contribution in [0.3, 0.4) is 0 Å². The number of carbonyl (C=O) groups is 1. The molecule has 2 rings (SSSR count). The average Bonchev–Trinajstić information content (AvgIpc) is 2.61. The molecule has 1 heterocycles. The van der Waals surface area contributed by atoms with Crippen LogP contribution >= 0.6 is 11.6 Å². The van der Waals surface area contributed by atoms with Gasteiger partial charge in [-0.15, -0.1) is 0 Å². The lowest BCUT2D eigenvalue weighted by molar-refractivity contribution is 0.0524. The number of methoxy groups -OCH3 is 1. The molecule has 0 bridgehead atoms. The number of benzene rings is 1. The number of phenolic OH excluding ortho intramolecular Hbond substituents is 1. The number of aromatic amines is 1. The van der Waals surface area contributed by atoms with Crippen molar-refractivity contribution in [1.82, 2.24) is 4.98 Å². The number of H-pyrrole nitrogens is 1. The number of aromatic hydroxyl groups is 1. The van der Waals surface area contributed by atoms with Crippen LogP contribution in [0.4, 0.5) is 0 Å². The van der Waals surface area contributed by atoms with E-state index in [1.54, 1.807) is 14.0 Å². The van der Waals surface area contributed by atoms with Gasteiger partial charge in [-0.1, -0.05) is 11.6 Å². The minimum atomic E-state index is -0.706. The van der Waals surface area contributed by atoms with Crippen LogP contribution in [0.2, 0.25) is 5.02 Å². The van der Waals surface area contributed by atoms with Crippen LogP contribution in [-0.4, -0.2) is 43.0 Å². The third-order valence-electron chi connectivity index (χ3n) is 3.50. The van der Waals surface area contributed by atoms with Crippen LogP contribution in [0.15, 0.2) is 29.2 Å². The van der Waals surface area contributed by atoms with Crippen molar-refractivity contribution in [2.24, 2.45) is 0 Å². The van der Waals surface area contributed by atoms with E-state index < -0.39 is 11.4 Å². The molecule has 8 heteroatoms. The van der Waals surface area contributed by atoms with E-state index in [1.165, 1.54) is 24.4 Å². The van der Waals surface area contributed by atoms with Gasteiger partial charge in [0, 0.05) is 44.0 Å². The van der Waals surface area contributed by atoms with Crippen molar-refractivity contribution in [2.45, 2.75) is 13.3 Å². The molecule has 0 aliphatic heterocycles. The third kappa shape index (κ3) is 4.77. The third-order valence-corrected chi connectivity index (χ3v) is 3.79. The Morgan fingerprint density at radius 1 is 1.27 bits per heavy atom. The van der Waals surface area contributed by atoms with Gasteiger partial charge >= 0.3 is 5.97 Å². The summed E-state index contributed by atoms with van der Waals surface area (Å²) < 4.78 is 15.3. The quantitative estimate of drug-likeness (QED) is 0.539. The van der Waals surface area contributed by atoms with E-state index in [0.29, 0.717) is 36.6 Å². The lowest BCUT2D eigenvalue weighted by Gasteiger charge is -2.12. The number of carbonyl (C=O) groups excluding carboxylic acids is 1. The molecule has 2 N–H and O–H groups in total. The SMILES string of the molecule is CCOC(=O)c1c[nH]c(-c2cc(Cl)c(OCCCOC)cc2O)cc1=O. The standard InChI is InChI=1S/C18H20ClNO6/c1-3-25-18(23)12-10-20-14(8-15(12)21)11-7-13(19)17(9-16(11)22)26-6-4-5-24-2/h7-10,22H,3-6H2,1-2H3,(H,20,21). The Hall–Kier alpha value is -2.51. The minimum absolute atomic E-state index is 0.112. The first kappa shape index (κ1) is 19.8. The summed E-state index contributed by atoms with van der Waals surface area (Å²) >= 11 is 6.19. The van der Waals surface area contributed by atoms with Crippen molar-refractivity contribution >= 4 is 17.6 Å². The normalized spacial score (nSPS) is 10.6. The zero-order chi connectivity index (χ0) is 19.1. The Morgan fingerprint density at radius 3 is 2.69 bits per heavy atom. The van der Waals surface area contributed by atoms with Crippen molar-refractivity contribution in [3.05, 3.63) is 45.2 Å². The molecule has 1 aromatic heterocycles. The van der Waals surface area contributed by atoms with Gasteiger partial charge < -0.3 is 24.3 Å². The molecule has 0 atom stereocenters. The van der Waals surface area contributed by atoms with Crippen LogP contribution in [-0.2, 0) is 9.47 Å². The Bertz CT molecular complexity index is 833. The molecule has 1 aromatic carbocycles. The first-order chi connectivity index (χ1) is 12.5. The van der Waals surface area contributed by atoms with Gasteiger partial charge in [0.25, 0.3) is 0 Å². The van der Waals surface area contributed by atoms with Gasteiger partial charge in [0.1, 0.15) is 17.1 Å². The van der Waals surface area contributed by atoms with Gasteiger partial charge in [-0.2, -0.15) is 0 Å². The number of nitrogens with one attached hydrogen (secondary N) is 1. The molecule has 2 aromatic rings. The van der Waals surface area contributed by atoms with Gasteiger partial charge in [-0.3, -0.25) is 4.79 Å². The second kappa shape index (κ2) is 9.26. The van der Waals surface area contributed by atoms with E-state index in [4.69, 9.17) is 25.8 Å². The van der Waals surface area contributed by atoms with Crippen molar-refractivity contribution in [3.8, 4) is 22.8 Å². The number of aromatic nitrogens is 1. The smallest absolute Gasteiger partial charge is 0.343 e. The number of esters is 1. The molecule has 0 amide bonds. The predicted octanol–water partition coefficient (Wildman–Crippen LogP) is 2.99. The van der Waals surface area contributed by atoms with Crippen molar-refractivity contribution < 1.29 is 24.1 Å². The van der Waals surface area contributed by atoms with Crippen LogP contribution in [0.5, 0.6) is 11.5 Å². The fourth-order valence-electron chi connectivity index (χ4n) is 2.25. The Kier molecular flexibility index (Phi) is 7.06. The largest absolute Gasteiger partial charge is 0.507 e. The van der Waals surface area contributed by atoms with E-state index in [9.17, 15) is 14.7 Å². The van der Waals surface area contributed by atoms with Crippen molar-refractivity contribution in [3.63, 3.8) is 0 Å². The fraction of sp³-hybridized carbons (Fsp3) is 0.333. The maximum absolute atomic E-state index is 12.1. The predicted molar refractivity (Wildman–Crippen MR) is 97.1 cm³/mol. The molecule has 0 aliphatic carbocycles. The summed E-state index contributed by atoms with van der Waals surface area (Å²) in [5, 5.41) is 10.5. The fourth-order valence-corrected chi connectivity index (χ4v) is 2.47. The van der Waals surface area contributed by atoms with E-state index in [1.807, 2.05) is 0 Å². The highest BCUT2D eigenvalue weighted by Crippen LogP contribution is 2.37. The van der Waals surface area contributed by atoms with Gasteiger partial charge in [-0.25, -0.2) is 4.79 Å². The van der Waals surface area contributed by atoms with E-state index in [2.05, 4.69) is 4.98 Å². The number of ether oxygens (including phenoxy) is 3. The van der Waals surface area contributed by atoms with E-state index in [0.717, 1.165) is 0 Å². The van der Waals surface area contributed by atoms with Crippen molar-refractivity contribution in [2.75, 3.05) is 26.9 Å².